The minimum Gasteiger partial charge on any atom is -0.144 e. The van der Waals surface area contributed by atoms with Crippen LogP contribution in [0.1, 0.15) is 94.2 Å². The molecule has 0 unspecified atom stereocenters. The second-order valence-electron chi connectivity index (χ2n) is 15.9. The summed E-state index contributed by atoms with van der Waals surface area (Å²) in [7, 11) is -3.87. The Balaban J connectivity index is 1.78. The molecule has 2 heterocycles. The highest BCUT2D eigenvalue weighted by molar-refractivity contribution is 7.17. The van der Waals surface area contributed by atoms with Crippen LogP contribution in [0.4, 0.5) is 0 Å². The van der Waals surface area contributed by atoms with Crippen LogP contribution in [0.5, 0.6) is 0 Å². The second kappa shape index (κ2) is 13.1. The van der Waals surface area contributed by atoms with Crippen LogP contribution in [0.3, 0.4) is 0 Å². The Morgan fingerprint density at radius 2 is 0.750 bits per heavy atom. The van der Waals surface area contributed by atoms with E-state index < -0.39 is 16.1 Å². The second-order valence-corrected chi connectivity index (χ2v) is 28.9. The average molecular weight is 701 g/mol. The smallest absolute Gasteiger partial charge is 0.144 e. The molecule has 4 aromatic carbocycles. The predicted molar refractivity (Wildman–Crippen MR) is 226 cm³/mol. The van der Waals surface area contributed by atoms with E-state index in [1.165, 1.54) is 63.6 Å². The quantitative estimate of drug-likeness (QED) is 0.0922. The lowest BCUT2D eigenvalue weighted by Gasteiger charge is -2.38. The molecular weight excluding hydrogens is 649 g/mol. The Morgan fingerprint density at radius 1 is 0.417 bits per heavy atom. The Labute approximate surface area is 299 Å². The first kappa shape index (κ1) is 35.0. The summed E-state index contributed by atoms with van der Waals surface area (Å²) >= 11 is 3.65. The van der Waals surface area contributed by atoms with Crippen molar-refractivity contribution in [3.05, 3.63) is 70.4 Å². The third-order valence-electron chi connectivity index (χ3n) is 11.8. The van der Waals surface area contributed by atoms with Gasteiger partial charge in [0.05, 0.1) is 0 Å². The maximum Gasteiger partial charge on any atom is 0.146 e. The van der Waals surface area contributed by atoms with E-state index in [9.17, 15) is 0 Å². The van der Waals surface area contributed by atoms with Gasteiger partial charge in [-0.2, -0.15) is 0 Å². The van der Waals surface area contributed by atoms with E-state index in [-0.39, 0.29) is 0 Å². The molecular formula is C44H52S2Si2. The number of rotatable bonds is 6. The number of benzene rings is 4. The summed E-state index contributed by atoms with van der Waals surface area (Å²) < 4.78 is 2.65. The van der Waals surface area contributed by atoms with Gasteiger partial charge >= 0.3 is 0 Å². The Kier molecular flexibility index (Phi) is 9.55. The summed E-state index contributed by atoms with van der Waals surface area (Å²) in [4.78, 5) is 0. The largest absolute Gasteiger partial charge is 0.146 e. The zero-order valence-electron chi connectivity index (χ0n) is 31.1. The van der Waals surface area contributed by atoms with Gasteiger partial charge in [0, 0.05) is 42.1 Å². The fourth-order valence-electron chi connectivity index (χ4n) is 9.57. The molecule has 0 saturated heterocycles. The summed E-state index contributed by atoms with van der Waals surface area (Å²) in [6, 6.07) is 18.9. The normalized spacial score (nSPS) is 13.0. The monoisotopic (exact) mass is 700 g/mol. The summed E-state index contributed by atoms with van der Waals surface area (Å²) in [6.07, 6.45) is 0. The molecule has 0 N–H and O–H groups in total. The lowest BCUT2D eigenvalue weighted by Crippen LogP contribution is -2.43. The van der Waals surface area contributed by atoms with Crippen molar-refractivity contribution in [1.29, 1.82) is 0 Å². The molecule has 48 heavy (non-hydrogen) atoms. The van der Waals surface area contributed by atoms with Crippen LogP contribution in [-0.2, 0) is 0 Å². The van der Waals surface area contributed by atoms with Crippen molar-refractivity contribution in [2.24, 2.45) is 0 Å². The van der Waals surface area contributed by atoms with Crippen LogP contribution in [0.15, 0.2) is 59.3 Å². The Morgan fingerprint density at radius 3 is 1.06 bits per heavy atom. The fraction of sp³-hybridized carbons (Fsp3) is 0.409. The molecule has 248 valence electrons. The van der Waals surface area contributed by atoms with Gasteiger partial charge in [-0.3, -0.25) is 0 Å². The molecule has 0 atom stereocenters. The van der Waals surface area contributed by atoms with Crippen molar-refractivity contribution < 1.29 is 0 Å². The van der Waals surface area contributed by atoms with Gasteiger partial charge in [0.15, 0.2) is 0 Å². The number of hydrogen-bond acceptors (Lipinski definition) is 2. The molecule has 4 heteroatoms. The van der Waals surface area contributed by atoms with Crippen LogP contribution in [0.2, 0.25) is 33.2 Å². The first-order valence-corrected chi connectivity index (χ1v) is 24.2. The van der Waals surface area contributed by atoms with Gasteiger partial charge in [0.2, 0.25) is 0 Å². The Hall–Kier alpha value is -2.87. The van der Waals surface area contributed by atoms with Crippen molar-refractivity contribution in [2.45, 2.75) is 116 Å². The van der Waals surface area contributed by atoms with Gasteiger partial charge in [-0.05, 0) is 102 Å². The van der Waals surface area contributed by atoms with E-state index in [1.807, 2.05) is 22.7 Å². The molecule has 0 aliphatic carbocycles. The van der Waals surface area contributed by atoms with E-state index >= 15 is 0 Å². The van der Waals surface area contributed by atoms with Crippen molar-refractivity contribution in [3.63, 3.8) is 0 Å². The number of fused-ring (bicyclic) bond motifs is 9. The van der Waals surface area contributed by atoms with Crippen LogP contribution < -0.4 is 0 Å². The van der Waals surface area contributed by atoms with E-state index in [2.05, 4.69) is 165 Å². The summed E-state index contributed by atoms with van der Waals surface area (Å²) in [5, 5.41) is 14.9. The van der Waals surface area contributed by atoms with Gasteiger partial charge in [0.25, 0.3) is 0 Å². The van der Waals surface area contributed by atoms with Crippen molar-refractivity contribution >= 4 is 91.3 Å². The third kappa shape index (κ3) is 5.40. The van der Waals surface area contributed by atoms with Crippen LogP contribution in [0.25, 0.3) is 52.5 Å². The highest BCUT2D eigenvalue weighted by Gasteiger charge is 2.42. The summed E-state index contributed by atoms with van der Waals surface area (Å²) in [5.74, 6) is 7.87. The van der Waals surface area contributed by atoms with Crippen LogP contribution in [0, 0.1) is 22.9 Å². The van der Waals surface area contributed by atoms with E-state index in [4.69, 9.17) is 0 Å². The average Bonchev–Trinajstić information content (AvgIpc) is 3.70. The molecule has 0 spiro atoms. The molecule has 0 amide bonds. The van der Waals surface area contributed by atoms with Gasteiger partial charge < -0.3 is 0 Å². The topological polar surface area (TPSA) is 0 Å². The van der Waals surface area contributed by atoms with Crippen LogP contribution in [-0.4, -0.2) is 16.1 Å². The molecule has 0 bridgehead atoms. The molecule has 0 aliphatic heterocycles. The molecule has 0 radical (unpaired) electrons. The molecule has 0 fully saturated rings. The number of thiophene rings is 2. The van der Waals surface area contributed by atoms with Crippen molar-refractivity contribution in [2.75, 3.05) is 0 Å². The van der Waals surface area contributed by atoms with Crippen molar-refractivity contribution in [3.8, 4) is 22.9 Å². The molecule has 6 rings (SSSR count). The van der Waals surface area contributed by atoms with Crippen molar-refractivity contribution in [1.82, 2.24) is 0 Å². The highest BCUT2D eigenvalue weighted by atomic mass is 32.1. The number of hydrogen-bond donors (Lipinski definition) is 0. The fourth-order valence-corrected chi connectivity index (χ4v) is 21.6. The molecule has 0 aliphatic rings. The van der Waals surface area contributed by atoms with E-state index in [0.717, 1.165) is 0 Å². The molecule has 6 aromatic rings. The first-order valence-electron chi connectivity index (χ1n) is 18.0. The lowest BCUT2D eigenvalue weighted by molar-refractivity contribution is 0.838. The van der Waals surface area contributed by atoms with E-state index in [0.29, 0.717) is 33.2 Å². The zero-order valence-corrected chi connectivity index (χ0v) is 34.7. The highest BCUT2D eigenvalue weighted by Crippen LogP contribution is 2.45. The molecule has 2 aromatic heterocycles. The van der Waals surface area contributed by atoms with Gasteiger partial charge in [-0.1, -0.05) is 107 Å². The van der Waals surface area contributed by atoms with Gasteiger partial charge in [0.1, 0.15) is 16.1 Å². The first-order chi connectivity index (χ1) is 22.7. The van der Waals surface area contributed by atoms with E-state index in [1.54, 1.807) is 0 Å². The maximum absolute atomic E-state index is 4.09. The maximum atomic E-state index is 4.09. The van der Waals surface area contributed by atoms with Gasteiger partial charge in [-0.15, -0.1) is 33.8 Å². The SMILES string of the molecule is CC(C)[Si](C#Cc1cc2c(cc(C#C[Si](C(C)C)(C(C)C)C(C)C)c3c4ccsc4ccc23)c2ccc3sccc3c12)(C(C)C)C(C)C. The summed E-state index contributed by atoms with van der Waals surface area (Å²) in [6.45, 7) is 28.9. The van der Waals surface area contributed by atoms with Crippen LogP contribution >= 0.6 is 22.7 Å². The summed E-state index contributed by atoms with van der Waals surface area (Å²) in [5.41, 5.74) is 14.1. The lowest BCUT2D eigenvalue weighted by atomic mass is 9.89. The minimum absolute atomic E-state index is 0.588. The minimum atomic E-state index is -1.93. The third-order valence-corrected chi connectivity index (χ3v) is 26.2. The van der Waals surface area contributed by atoms with Gasteiger partial charge in [-0.25, -0.2) is 0 Å². The molecule has 0 nitrogen and oxygen atoms in total. The Bertz CT molecular complexity index is 2080. The zero-order chi connectivity index (χ0) is 34.7. The predicted octanol–water partition coefficient (Wildman–Crippen LogP) is 14.7. The standard InChI is InChI=1S/C44H52S2Si2/c1-27(2)47(28(3)4,29(5)6)23-19-33-25-39-36-14-16-42-38(18-22-46-42)44(36)34(20-24-48(30(7)8,31(9)10)32(11)12)26-40(39)35-13-15-41-37(43(33)35)17-21-45-41/h13-18,21-22,25-32H,1-12H3. The molecule has 0 saturated carbocycles.